The van der Waals surface area contributed by atoms with Crippen LogP contribution in [0.5, 0.6) is 0 Å². The van der Waals surface area contributed by atoms with Gasteiger partial charge >= 0.3 is 6.61 Å². The topological polar surface area (TPSA) is 58.6 Å². The summed E-state index contributed by atoms with van der Waals surface area (Å²) in [5, 5.41) is 2.62. The van der Waals surface area contributed by atoms with Crippen LogP contribution in [0.2, 0.25) is 0 Å². The highest BCUT2D eigenvalue weighted by Gasteiger charge is 2.52. The van der Waals surface area contributed by atoms with Gasteiger partial charge < -0.3 is 15.0 Å². The van der Waals surface area contributed by atoms with Gasteiger partial charge in [0.2, 0.25) is 11.8 Å². The van der Waals surface area contributed by atoms with Crippen LogP contribution in [-0.2, 0) is 20.7 Å². The second kappa shape index (κ2) is 6.08. The fourth-order valence-electron chi connectivity index (χ4n) is 3.38. The van der Waals surface area contributed by atoms with Gasteiger partial charge in [-0.25, -0.2) is 4.39 Å². The molecule has 0 bridgehead atoms. The smallest absolute Gasteiger partial charge is 0.340 e. The van der Waals surface area contributed by atoms with Gasteiger partial charge in [-0.1, -0.05) is 18.2 Å². The van der Waals surface area contributed by atoms with E-state index in [1.807, 2.05) is 0 Å². The molecule has 1 unspecified atom stereocenters. The lowest BCUT2D eigenvalue weighted by atomic mass is 9.88. The molecular formula is C16H17F3N2O3. The summed E-state index contributed by atoms with van der Waals surface area (Å²) in [5.74, 6) is -1.33. The van der Waals surface area contributed by atoms with Crippen LogP contribution in [0.15, 0.2) is 24.3 Å². The number of ether oxygens (including phenoxy) is 1. The van der Waals surface area contributed by atoms with E-state index >= 15 is 0 Å². The summed E-state index contributed by atoms with van der Waals surface area (Å²) in [6.45, 7) is -1.52. The van der Waals surface area contributed by atoms with Crippen molar-refractivity contribution in [2.24, 2.45) is 0 Å². The van der Waals surface area contributed by atoms with E-state index in [0.29, 0.717) is 5.56 Å². The Hall–Kier alpha value is -2.09. The zero-order valence-corrected chi connectivity index (χ0v) is 13.0. The maximum atomic E-state index is 13.9. The summed E-state index contributed by atoms with van der Waals surface area (Å²) < 4.78 is 43.1. The van der Waals surface area contributed by atoms with E-state index in [1.165, 1.54) is 24.0 Å². The van der Waals surface area contributed by atoms with Gasteiger partial charge in [-0.15, -0.1) is 0 Å². The van der Waals surface area contributed by atoms with Crippen molar-refractivity contribution in [1.29, 1.82) is 0 Å². The van der Waals surface area contributed by atoms with Gasteiger partial charge in [0.1, 0.15) is 17.4 Å². The number of piperazine rings is 1. The number of carbonyl (C=O) groups is 2. The predicted octanol–water partition coefficient (Wildman–Crippen LogP) is 1.47. The fraction of sp³-hybridized carbons (Fsp3) is 0.500. The van der Waals surface area contributed by atoms with Gasteiger partial charge in [-0.3, -0.25) is 9.59 Å². The molecule has 24 heavy (non-hydrogen) atoms. The van der Waals surface area contributed by atoms with E-state index in [-0.39, 0.29) is 19.4 Å². The fourth-order valence-corrected chi connectivity index (χ4v) is 3.38. The number of carbonyl (C=O) groups excluding carboxylic acids is 2. The first-order valence-electron chi connectivity index (χ1n) is 7.60. The Kier molecular flexibility index (Phi) is 4.25. The summed E-state index contributed by atoms with van der Waals surface area (Å²) in [5.41, 5.74) is -1.03. The molecule has 1 N–H and O–H groups in total. The molecular weight excluding hydrogens is 325 g/mol. The van der Waals surface area contributed by atoms with E-state index in [4.69, 9.17) is 0 Å². The van der Waals surface area contributed by atoms with Crippen LogP contribution in [0.1, 0.15) is 18.9 Å². The number of alkyl halides is 2. The van der Waals surface area contributed by atoms with Gasteiger partial charge in [0.15, 0.2) is 0 Å². The molecule has 0 aromatic heterocycles. The molecule has 0 spiro atoms. The van der Waals surface area contributed by atoms with Crippen molar-refractivity contribution in [3.63, 3.8) is 0 Å². The monoisotopic (exact) mass is 342 g/mol. The van der Waals surface area contributed by atoms with Crippen molar-refractivity contribution >= 4 is 11.8 Å². The second-order valence-corrected chi connectivity index (χ2v) is 6.32. The molecule has 130 valence electrons. The third-order valence-electron chi connectivity index (χ3n) is 4.49. The first kappa shape index (κ1) is 16.8. The molecule has 5 nitrogen and oxygen atoms in total. The predicted molar refractivity (Wildman–Crippen MR) is 77.6 cm³/mol. The van der Waals surface area contributed by atoms with Crippen LogP contribution in [0, 0.1) is 5.82 Å². The standard InChI is InChI=1S/C16H17F3N2O3/c1-16(7-9-4-2-3-5-11(9)17)14(23)21-8-10(24-15(18)19)6-12(21)13(22)20-16/h2-5,10,12,15H,6-8H2,1H3,(H,20,22)/t10-,12+,16?/m1/s1. The Labute approximate surface area is 136 Å². The molecule has 2 heterocycles. The maximum absolute atomic E-state index is 13.9. The number of halogens is 3. The van der Waals surface area contributed by atoms with Crippen molar-refractivity contribution in [3.8, 4) is 0 Å². The zero-order valence-electron chi connectivity index (χ0n) is 13.0. The molecule has 3 atom stereocenters. The van der Waals surface area contributed by atoms with Crippen LogP contribution in [0.4, 0.5) is 13.2 Å². The van der Waals surface area contributed by atoms with Gasteiger partial charge in [0.05, 0.1) is 6.10 Å². The summed E-state index contributed by atoms with van der Waals surface area (Å²) in [6.07, 6.45) is -0.883. The molecule has 8 heteroatoms. The number of hydrogen-bond acceptors (Lipinski definition) is 3. The average molecular weight is 342 g/mol. The number of hydrogen-bond donors (Lipinski definition) is 1. The first-order valence-corrected chi connectivity index (χ1v) is 7.60. The van der Waals surface area contributed by atoms with Crippen LogP contribution < -0.4 is 5.32 Å². The van der Waals surface area contributed by atoms with Crippen molar-refractivity contribution in [2.75, 3.05) is 6.54 Å². The number of fused-ring (bicyclic) bond motifs is 1. The zero-order chi connectivity index (χ0) is 17.5. The highest BCUT2D eigenvalue weighted by molar-refractivity contribution is 6.00. The Morgan fingerprint density at radius 2 is 2.08 bits per heavy atom. The number of nitrogens with one attached hydrogen (secondary N) is 1. The van der Waals surface area contributed by atoms with Gasteiger partial charge in [-0.05, 0) is 18.6 Å². The molecule has 2 saturated heterocycles. The molecule has 1 aromatic rings. The summed E-state index contributed by atoms with van der Waals surface area (Å²) in [6, 6.07) is 5.17. The maximum Gasteiger partial charge on any atom is 0.345 e. The highest BCUT2D eigenvalue weighted by Crippen LogP contribution is 2.31. The third-order valence-corrected chi connectivity index (χ3v) is 4.49. The molecule has 2 amide bonds. The quantitative estimate of drug-likeness (QED) is 0.901. The first-order chi connectivity index (χ1) is 11.3. The van der Waals surface area contributed by atoms with Crippen LogP contribution >= 0.6 is 0 Å². The average Bonchev–Trinajstić information content (AvgIpc) is 2.91. The minimum atomic E-state index is -2.96. The molecule has 2 aliphatic heterocycles. The lowest BCUT2D eigenvalue weighted by molar-refractivity contribution is -0.161. The van der Waals surface area contributed by atoms with Gasteiger partial charge in [0.25, 0.3) is 0 Å². The molecule has 1 aromatic carbocycles. The van der Waals surface area contributed by atoms with Crippen LogP contribution in [-0.4, -0.2) is 47.6 Å². The minimum Gasteiger partial charge on any atom is -0.340 e. The number of nitrogens with zero attached hydrogens (tertiary/aromatic N) is 1. The van der Waals surface area contributed by atoms with E-state index in [2.05, 4.69) is 10.1 Å². The molecule has 0 radical (unpaired) electrons. The van der Waals surface area contributed by atoms with Crippen molar-refractivity contribution in [3.05, 3.63) is 35.6 Å². The third kappa shape index (κ3) is 2.98. The normalized spacial score (nSPS) is 29.8. The molecule has 0 aliphatic carbocycles. The van der Waals surface area contributed by atoms with E-state index < -0.39 is 41.9 Å². The van der Waals surface area contributed by atoms with E-state index in [0.717, 1.165) is 0 Å². The van der Waals surface area contributed by atoms with Crippen LogP contribution in [0.25, 0.3) is 0 Å². The van der Waals surface area contributed by atoms with Crippen molar-refractivity contribution in [1.82, 2.24) is 10.2 Å². The van der Waals surface area contributed by atoms with Crippen molar-refractivity contribution in [2.45, 2.75) is 44.1 Å². The Balaban J connectivity index is 1.81. The summed E-state index contributed by atoms with van der Waals surface area (Å²) in [7, 11) is 0. The van der Waals surface area contributed by atoms with Gasteiger partial charge in [-0.2, -0.15) is 8.78 Å². The van der Waals surface area contributed by atoms with E-state index in [1.54, 1.807) is 12.1 Å². The highest BCUT2D eigenvalue weighted by atomic mass is 19.3. The largest absolute Gasteiger partial charge is 0.345 e. The number of rotatable bonds is 4. The Morgan fingerprint density at radius 3 is 2.75 bits per heavy atom. The Morgan fingerprint density at radius 1 is 1.38 bits per heavy atom. The number of amides is 2. The van der Waals surface area contributed by atoms with Gasteiger partial charge in [0, 0.05) is 19.4 Å². The lowest BCUT2D eigenvalue weighted by Gasteiger charge is -2.41. The van der Waals surface area contributed by atoms with Crippen molar-refractivity contribution < 1.29 is 27.5 Å². The molecule has 3 rings (SSSR count). The SMILES string of the molecule is CC1(Cc2ccccc2F)NC(=O)[C@@H]2C[C@@H](OC(F)F)CN2C1=O. The summed E-state index contributed by atoms with van der Waals surface area (Å²) in [4.78, 5) is 26.3. The molecule has 2 fully saturated rings. The van der Waals surface area contributed by atoms with E-state index in [9.17, 15) is 22.8 Å². The lowest BCUT2D eigenvalue weighted by Crippen LogP contribution is -2.68. The summed E-state index contributed by atoms with van der Waals surface area (Å²) >= 11 is 0. The number of benzene rings is 1. The Bertz CT molecular complexity index is 670. The minimum absolute atomic E-state index is 0.0200. The van der Waals surface area contributed by atoms with Crippen LogP contribution in [0.3, 0.4) is 0 Å². The molecule has 0 saturated carbocycles. The molecule has 2 aliphatic rings. The second-order valence-electron chi connectivity index (χ2n) is 6.32.